The summed E-state index contributed by atoms with van der Waals surface area (Å²) in [7, 11) is 1.74. The van der Waals surface area contributed by atoms with E-state index in [1.54, 1.807) is 13.1 Å². The van der Waals surface area contributed by atoms with Gasteiger partial charge in [0.1, 0.15) is 5.76 Å². The summed E-state index contributed by atoms with van der Waals surface area (Å²) >= 11 is 4.84. The second kappa shape index (κ2) is 3.34. The molecule has 1 aromatic heterocycles. The molecular formula is C6H9N3OS. The smallest absolute Gasteiger partial charge is 0.175 e. The Morgan fingerprint density at radius 1 is 1.73 bits per heavy atom. The number of rotatable bonds is 1. The topological polar surface area (TPSA) is 50.1 Å². The Bertz CT molecular complexity index is 258. The van der Waals surface area contributed by atoms with Crippen LogP contribution in [0.4, 0.5) is 5.82 Å². The number of aryl methyl sites for hydroxylation is 1. The Hall–Kier alpha value is -1.10. The van der Waals surface area contributed by atoms with E-state index in [4.69, 9.17) is 16.7 Å². The Labute approximate surface area is 70.0 Å². The molecule has 0 aromatic carbocycles. The molecule has 0 unspecified atom stereocenters. The molecule has 11 heavy (non-hydrogen) atoms. The maximum absolute atomic E-state index is 4.84. The van der Waals surface area contributed by atoms with Crippen LogP contribution in [-0.2, 0) is 0 Å². The van der Waals surface area contributed by atoms with Crippen LogP contribution < -0.4 is 10.6 Å². The van der Waals surface area contributed by atoms with Crippen molar-refractivity contribution in [1.82, 2.24) is 10.5 Å². The van der Waals surface area contributed by atoms with Gasteiger partial charge in [-0.2, -0.15) is 0 Å². The van der Waals surface area contributed by atoms with E-state index in [1.165, 1.54) is 0 Å². The average molecular weight is 171 g/mol. The summed E-state index contributed by atoms with van der Waals surface area (Å²) < 4.78 is 4.81. The summed E-state index contributed by atoms with van der Waals surface area (Å²) in [5.74, 6) is 1.38. The normalized spacial score (nSPS) is 9.27. The van der Waals surface area contributed by atoms with Gasteiger partial charge in [-0.25, -0.2) is 0 Å². The minimum absolute atomic E-state index is 0.526. The van der Waals surface area contributed by atoms with Gasteiger partial charge < -0.3 is 15.2 Å². The maximum Gasteiger partial charge on any atom is 0.175 e. The molecule has 0 bridgehead atoms. The third kappa shape index (κ3) is 2.19. The summed E-state index contributed by atoms with van der Waals surface area (Å²) in [6, 6.07) is 1.77. The van der Waals surface area contributed by atoms with Crippen LogP contribution in [0, 0.1) is 6.92 Å². The average Bonchev–Trinajstić information content (AvgIpc) is 2.35. The summed E-state index contributed by atoms with van der Waals surface area (Å²) in [5.41, 5.74) is 0. The molecule has 4 nitrogen and oxygen atoms in total. The van der Waals surface area contributed by atoms with Crippen molar-refractivity contribution in [2.75, 3.05) is 12.4 Å². The van der Waals surface area contributed by atoms with Gasteiger partial charge >= 0.3 is 0 Å². The van der Waals surface area contributed by atoms with E-state index < -0.39 is 0 Å². The highest BCUT2D eigenvalue weighted by Crippen LogP contribution is 2.05. The third-order valence-corrected chi connectivity index (χ3v) is 1.40. The van der Waals surface area contributed by atoms with Crippen molar-refractivity contribution >= 4 is 23.1 Å². The molecule has 1 heterocycles. The lowest BCUT2D eigenvalue weighted by Crippen LogP contribution is -2.24. The van der Waals surface area contributed by atoms with Gasteiger partial charge in [-0.05, 0) is 19.1 Å². The standard InChI is InChI=1S/C6H9N3OS/c1-4-3-5(9-10-4)8-6(11)7-2/h3H,1-2H3,(H2,7,8,9,11). The van der Waals surface area contributed by atoms with Gasteiger partial charge in [0.05, 0.1) is 0 Å². The fourth-order valence-electron chi connectivity index (χ4n) is 0.604. The fraction of sp³-hybridized carbons (Fsp3) is 0.333. The highest BCUT2D eigenvalue weighted by Gasteiger charge is 1.99. The number of hydrogen-bond donors (Lipinski definition) is 2. The predicted molar refractivity (Wildman–Crippen MR) is 46.5 cm³/mol. The molecule has 60 valence electrons. The minimum Gasteiger partial charge on any atom is -0.365 e. The number of aromatic nitrogens is 1. The van der Waals surface area contributed by atoms with E-state index in [0.29, 0.717) is 10.9 Å². The number of nitrogens with one attached hydrogen (secondary N) is 2. The van der Waals surface area contributed by atoms with Gasteiger partial charge in [0.25, 0.3) is 0 Å². The van der Waals surface area contributed by atoms with Crippen LogP contribution >= 0.6 is 12.2 Å². The molecule has 0 atom stereocenters. The zero-order valence-electron chi connectivity index (χ0n) is 6.34. The van der Waals surface area contributed by atoms with Gasteiger partial charge in [0.15, 0.2) is 10.9 Å². The highest BCUT2D eigenvalue weighted by molar-refractivity contribution is 7.80. The molecule has 0 aliphatic heterocycles. The zero-order valence-corrected chi connectivity index (χ0v) is 7.16. The number of nitrogens with zero attached hydrogens (tertiary/aromatic N) is 1. The second-order valence-corrected chi connectivity index (χ2v) is 2.44. The minimum atomic E-state index is 0.526. The van der Waals surface area contributed by atoms with Crippen molar-refractivity contribution in [2.24, 2.45) is 0 Å². The molecule has 0 spiro atoms. The van der Waals surface area contributed by atoms with E-state index >= 15 is 0 Å². The van der Waals surface area contributed by atoms with Crippen LogP contribution in [0.25, 0.3) is 0 Å². The molecule has 0 saturated heterocycles. The summed E-state index contributed by atoms with van der Waals surface area (Å²) in [6.45, 7) is 1.82. The van der Waals surface area contributed by atoms with Crippen molar-refractivity contribution < 1.29 is 4.52 Å². The lowest BCUT2D eigenvalue weighted by Gasteiger charge is -2.00. The Morgan fingerprint density at radius 2 is 2.45 bits per heavy atom. The van der Waals surface area contributed by atoms with Crippen LogP contribution in [0.5, 0.6) is 0 Å². The second-order valence-electron chi connectivity index (χ2n) is 2.03. The van der Waals surface area contributed by atoms with Gasteiger partial charge in [0.2, 0.25) is 0 Å². The SMILES string of the molecule is CNC(=S)Nc1cc(C)on1. The van der Waals surface area contributed by atoms with E-state index in [0.717, 1.165) is 5.76 Å². The Kier molecular flexibility index (Phi) is 2.43. The monoisotopic (exact) mass is 171 g/mol. The molecule has 0 saturated carbocycles. The molecule has 0 aliphatic carbocycles. The lowest BCUT2D eigenvalue weighted by atomic mass is 10.5. The highest BCUT2D eigenvalue weighted by atomic mass is 32.1. The van der Waals surface area contributed by atoms with Crippen molar-refractivity contribution in [2.45, 2.75) is 6.92 Å². The van der Waals surface area contributed by atoms with E-state index in [1.807, 2.05) is 6.92 Å². The van der Waals surface area contributed by atoms with Crippen LogP contribution in [0.2, 0.25) is 0 Å². The van der Waals surface area contributed by atoms with E-state index in [2.05, 4.69) is 15.8 Å². The first-order valence-electron chi connectivity index (χ1n) is 3.14. The first-order valence-corrected chi connectivity index (χ1v) is 3.55. The molecule has 5 heteroatoms. The third-order valence-electron chi connectivity index (χ3n) is 1.10. The van der Waals surface area contributed by atoms with Gasteiger partial charge in [-0.1, -0.05) is 5.16 Å². The fourth-order valence-corrected chi connectivity index (χ4v) is 0.709. The van der Waals surface area contributed by atoms with E-state index in [-0.39, 0.29) is 0 Å². The summed E-state index contributed by atoms with van der Waals surface area (Å²) in [4.78, 5) is 0. The number of anilines is 1. The first-order chi connectivity index (χ1) is 5.22. The van der Waals surface area contributed by atoms with Crippen LogP contribution in [0.1, 0.15) is 5.76 Å². The van der Waals surface area contributed by atoms with Crippen molar-refractivity contribution in [3.8, 4) is 0 Å². The Morgan fingerprint density at radius 3 is 2.91 bits per heavy atom. The van der Waals surface area contributed by atoms with Crippen molar-refractivity contribution in [3.63, 3.8) is 0 Å². The molecule has 0 radical (unpaired) electrons. The van der Waals surface area contributed by atoms with Crippen LogP contribution in [0.15, 0.2) is 10.6 Å². The summed E-state index contributed by atoms with van der Waals surface area (Å²) in [5, 5.41) is 9.81. The first kappa shape index (κ1) is 8.00. The zero-order chi connectivity index (χ0) is 8.27. The van der Waals surface area contributed by atoms with Gasteiger partial charge in [-0.15, -0.1) is 0 Å². The quantitative estimate of drug-likeness (QED) is 0.615. The lowest BCUT2D eigenvalue weighted by molar-refractivity contribution is 0.400. The molecule has 1 rings (SSSR count). The number of hydrogen-bond acceptors (Lipinski definition) is 3. The van der Waals surface area contributed by atoms with Crippen molar-refractivity contribution in [3.05, 3.63) is 11.8 Å². The summed E-state index contributed by atoms with van der Waals surface area (Å²) in [6.07, 6.45) is 0. The maximum atomic E-state index is 4.84. The molecule has 2 N–H and O–H groups in total. The van der Waals surface area contributed by atoms with Crippen LogP contribution in [0.3, 0.4) is 0 Å². The van der Waals surface area contributed by atoms with E-state index in [9.17, 15) is 0 Å². The molecule has 0 aliphatic rings. The van der Waals surface area contributed by atoms with Crippen LogP contribution in [-0.4, -0.2) is 17.3 Å². The Balaban J connectivity index is 2.57. The van der Waals surface area contributed by atoms with Crippen molar-refractivity contribution in [1.29, 1.82) is 0 Å². The molecular weight excluding hydrogens is 162 g/mol. The number of thiocarbonyl (C=S) groups is 1. The molecule has 0 amide bonds. The van der Waals surface area contributed by atoms with Gasteiger partial charge in [0, 0.05) is 13.1 Å². The largest absolute Gasteiger partial charge is 0.365 e. The molecule has 1 aromatic rings. The predicted octanol–water partition coefficient (Wildman–Crippen LogP) is 0.899. The van der Waals surface area contributed by atoms with Gasteiger partial charge in [-0.3, -0.25) is 0 Å². The molecule has 0 fully saturated rings.